The zero-order valence-corrected chi connectivity index (χ0v) is 11.2. The van der Waals surface area contributed by atoms with Crippen LogP contribution in [-0.2, 0) is 4.79 Å². The summed E-state index contributed by atoms with van der Waals surface area (Å²) in [5.74, 6) is 4.03. The van der Waals surface area contributed by atoms with Crippen molar-refractivity contribution >= 4 is 16.8 Å². The lowest BCUT2D eigenvalue weighted by Gasteiger charge is -2.52. The maximum Gasteiger partial charge on any atom is 0.221 e. The van der Waals surface area contributed by atoms with E-state index in [0.29, 0.717) is 12.3 Å². The fraction of sp³-hybridized carbons (Fsp3) is 0.929. The second-order valence-corrected chi connectivity index (χ2v) is 6.12. The van der Waals surface area contributed by atoms with Crippen LogP contribution in [0.3, 0.4) is 0 Å². The SMILES string of the molecule is CCC1C2CCC(C(CC(=O)Cl)C2)C1CC. The highest BCUT2D eigenvalue weighted by Crippen LogP contribution is 2.54. The van der Waals surface area contributed by atoms with E-state index < -0.39 is 0 Å². The van der Waals surface area contributed by atoms with E-state index in [-0.39, 0.29) is 5.24 Å². The van der Waals surface area contributed by atoms with E-state index in [9.17, 15) is 4.79 Å². The standard InChI is InChI=1S/C14H23ClO/c1-3-11-9-5-6-13(12(11)4-2)10(7-9)8-14(15)16/h9-13H,3-8H2,1-2H3. The van der Waals surface area contributed by atoms with E-state index in [0.717, 1.165) is 23.7 Å². The van der Waals surface area contributed by atoms with Gasteiger partial charge in [0.1, 0.15) is 0 Å². The number of carbonyl (C=O) groups is 1. The molecule has 3 aliphatic carbocycles. The summed E-state index contributed by atoms with van der Waals surface area (Å²) < 4.78 is 0. The van der Waals surface area contributed by atoms with Gasteiger partial charge >= 0.3 is 0 Å². The van der Waals surface area contributed by atoms with E-state index >= 15 is 0 Å². The predicted molar refractivity (Wildman–Crippen MR) is 67.4 cm³/mol. The van der Waals surface area contributed by atoms with Gasteiger partial charge in [-0.1, -0.05) is 26.7 Å². The van der Waals surface area contributed by atoms with Gasteiger partial charge in [-0.3, -0.25) is 4.79 Å². The molecule has 1 nitrogen and oxygen atoms in total. The monoisotopic (exact) mass is 242 g/mol. The highest BCUT2D eigenvalue weighted by Gasteiger charge is 2.46. The number of hydrogen-bond donors (Lipinski definition) is 0. The van der Waals surface area contributed by atoms with Crippen molar-refractivity contribution in [3.05, 3.63) is 0 Å². The van der Waals surface area contributed by atoms with Crippen molar-refractivity contribution in [2.45, 2.75) is 52.4 Å². The van der Waals surface area contributed by atoms with Crippen LogP contribution in [0.4, 0.5) is 0 Å². The Morgan fingerprint density at radius 3 is 2.44 bits per heavy atom. The number of rotatable bonds is 4. The maximum atomic E-state index is 11.1. The Hall–Kier alpha value is -0.0400. The van der Waals surface area contributed by atoms with Crippen LogP contribution >= 0.6 is 11.6 Å². The Balaban J connectivity index is 2.10. The van der Waals surface area contributed by atoms with E-state index in [1.54, 1.807) is 0 Å². The summed E-state index contributed by atoms with van der Waals surface area (Å²) in [7, 11) is 0. The van der Waals surface area contributed by atoms with Crippen molar-refractivity contribution in [2.75, 3.05) is 0 Å². The molecule has 0 aromatic heterocycles. The molecule has 5 atom stereocenters. The fourth-order valence-electron chi connectivity index (χ4n) is 4.63. The summed E-state index contributed by atoms with van der Waals surface area (Å²) in [4.78, 5) is 11.1. The number of halogens is 1. The van der Waals surface area contributed by atoms with Crippen molar-refractivity contribution in [1.29, 1.82) is 0 Å². The van der Waals surface area contributed by atoms with Crippen molar-refractivity contribution in [3.63, 3.8) is 0 Å². The molecule has 0 aromatic carbocycles. The van der Waals surface area contributed by atoms with Gasteiger partial charge in [0.25, 0.3) is 0 Å². The number of carbonyl (C=O) groups excluding carboxylic acids is 1. The molecular weight excluding hydrogens is 220 g/mol. The first kappa shape index (κ1) is 12.4. The van der Waals surface area contributed by atoms with Crippen LogP contribution in [0.25, 0.3) is 0 Å². The molecule has 3 aliphatic rings. The molecule has 0 radical (unpaired) electrons. The van der Waals surface area contributed by atoms with E-state index in [4.69, 9.17) is 11.6 Å². The minimum Gasteiger partial charge on any atom is -0.281 e. The Kier molecular flexibility index (Phi) is 3.94. The molecule has 0 aliphatic heterocycles. The first-order valence-electron chi connectivity index (χ1n) is 6.85. The quantitative estimate of drug-likeness (QED) is 0.674. The van der Waals surface area contributed by atoms with Crippen LogP contribution in [0.2, 0.25) is 0 Å². The van der Waals surface area contributed by atoms with Gasteiger partial charge in [-0.2, -0.15) is 0 Å². The van der Waals surface area contributed by atoms with Crippen molar-refractivity contribution in [1.82, 2.24) is 0 Å². The normalized spacial score (nSPS) is 42.3. The lowest BCUT2D eigenvalue weighted by atomic mass is 9.53. The molecule has 0 saturated heterocycles. The third-order valence-electron chi connectivity index (χ3n) is 5.15. The zero-order valence-electron chi connectivity index (χ0n) is 10.4. The topological polar surface area (TPSA) is 17.1 Å². The zero-order chi connectivity index (χ0) is 11.7. The van der Waals surface area contributed by atoms with Crippen LogP contribution in [0, 0.1) is 29.6 Å². The molecule has 0 N–H and O–H groups in total. The third-order valence-corrected chi connectivity index (χ3v) is 5.31. The fourth-order valence-corrected chi connectivity index (χ4v) is 4.82. The summed E-state index contributed by atoms with van der Waals surface area (Å²) in [6.45, 7) is 4.64. The Bertz CT molecular complexity index is 263. The molecule has 3 fully saturated rings. The van der Waals surface area contributed by atoms with E-state index in [2.05, 4.69) is 13.8 Å². The number of hydrogen-bond acceptors (Lipinski definition) is 1. The Labute approximate surface area is 104 Å². The summed E-state index contributed by atoms with van der Waals surface area (Å²) in [6.07, 6.45) is 7.23. The third kappa shape index (κ3) is 2.16. The first-order chi connectivity index (χ1) is 7.67. The molecule has 0 heterocycles. The van der Waals surface area contributed by atoms with Crippen LogP contribution < -0.4 is 0 Å². The lowest BCUT2D eigenvalue weighted by Crippen LogP contribution is -2.45. The molecule has 0 amide bonds. The van der Waals surface area contributed by atoms with Gasteiger partial charge in [0, 0.05) is 6.42 Å². The summed E-state index contributed by atoms with van der Waals surface area (Å²) >= 11 is 5.57. The average molecular weight is 243 g/mol. The van der Waals surface area contributed by atoms with Gasteiger partial charge in [-0.25, -0.2) is 0 Å². The predicted octanol–water partition coefficient (Wildman–Crippen LogP) is 4.24. The smallest absolute Gasteiger partial charge is 0.221 e. The molecule has 2 bridgehead atoms. The van der Waals surface area contributed by atoms with Crippen LogP contribution in [0.15, 0.2) is 0 Å². The largest absolute Gasteiger partial charge is 0.281 e. The summed E-state index contributed by atoms with van der Waals surface area (Å²) in [5, 5.41) is -0.125. The van der Waals surface area contributed by atoms with E-state index in [1.807, 2.05) is 0 Å². The molecule has 0 spiro atoms. The van der Waals surface area contributed by atoms with Crippen molar-refractivity contribution in [3.8, 4) is 0 Å². The molecular formula is C14H23ClO. The second kappa shape index (κ2) is 5.08. The van der Waals surface area contributed by atoms with Crippen molar-refractivity contribution < 1.29 is 4.79 Å². The minimum atomic E-state index is -0.125. The molecule has 3 saturated carbocycles. The second-order valence-electron chi connectivity index (χ2n) is 5.70. The van der Waals surface area contributed by atoms with Gasteiger partial charge in [-0.15, -0.1) is 0 Å². The highest BCUT2D eigenvalue weighted by atomic mass is 35.5. The molecule has 92 valence electrons. The highest BCUT2D eigenvalue weighted by molar-refractivity contribution is 6.63. The molecule has 3 rings (SSSR count). The van der Waals surface area contributed by atoms with Crippen molar-refractivity contribution in [2.24, 2.45) is 29.6 Å². The van der Waals surface area contributed by atoms with Crippen LogP contribution in [-0.4, -0.2) is 5.24 Å². The Morgan fingerprint density at radius 2 is 1.88 bits per heavy atom. The first-order valence-corrected chi connectivity index (χ1v) is 7.23. The van der Waals surface area contributed by atoms with Crippen LogP contribution in [0.1, 0.15) is 52.4 Å². The minimum absolute atomic E-state index is 0.125. The van der Waals surface area contributed by atoms with Gasteiger partial charge in [-0.05, 0) is 60.5 Å². The number of fused-ring (bicyclic) bond motifs is 3. The average Bonchev–Trinajstić information content (AvgIpc) is 2.27. The lowest BCUT2D eigenvalue weighted by molar-refractivity contribution is -0.115. The Morgan fingerprint density at radius 1 is 1.19 bits per heavy atom. The summed E-state index contributed by atoms with van der Waals surface area (Å²) in [6, 6.07) is 0. The molecule has 0 aromatic rings. The molecule has 5 unspecified atom stereocenters. The van der Waals surface area contributed by atoms with Gasteiger partial charge < -0.3 is 0 Å². The van der Waals surface area contributed by atoms with Crippen LogP contribution in [0.5, 0.6) is 0 Å². The van der Waals surface area contributed by atoms with Gasteiger partial charge in [0.2, 0.25) is 5.24 Å². The molecule has 16 heavy (non-hydrogen) atoms. The van der Waals surface area contributed by atoms with Gasteiger partial charge in [0.15, 0.2) is 0 Å². The van der Waals surface area contributed by atoms with Gasteiger partial charge in [0.05, 0.1) is 0 Å². The molecule has 2 heteroatoms. The maximum absolute atomic E-state index is 11.1. The van der Waals surface area contributed by atoms with E-state index in [1.165, 1.54) is 32.1 Å². The summed E-state index contributed by atoms with van der Waals surface area (Å²) in [5.41, 5.74) is 0.